The third-order valence-corrected chi connectivity index (χ3v) is 6.75. The van der Waals surface area contributed by atoms with E-state index < -0.39 is 10.2 Å². The molecule has 0 aliphatic carbocycles. The van der Waals surface area contributed by atoms with Crippen LogP contribution in [-0.2, 0) is 16.8 Å². The fraction of sp³-hybridized carbons (Fsp3) is 0.733. The topological polar surface area (TPSA) is 52.7 Å². The second kappa shape index (κ2) is 8.40. The van der Waals surface area contributed by atoms with Gasteiger partial charge in [-0.25, -0.2) is 4.72 Å². The molecule has 1 saturated heterocycles. The molecule has 0 saturated carbocycles. The van der Waals surface area contributed by atoms with Crippen LogP contribution >= 0.6 is 11.3 Å². The van der Waals surface area contributed by atoms with Crippen LogP contribution in [0, 0.1) is 5.92 Å². The quantitative estimate of drug-likeness (QED) is 0.785. The lowest BCUT2D eigenvalue weighted by molar-refractivity contribution is 0.170. The molecule has 0 aromatic carbocycles. The highest BCUT2D eigenvalue weighted by Crippen LogP contribution is 2.20. The van der Waals surface area contributed by atoms with Gasteiger partial charge in [0.15, 0.2) is 0 Å². The fourth-order valence-corrected chi connectivity index (χ4v) is 5.02. The Kier molecular flexibility index (Phi) is 6.83. The van der Waals surface area contributed by atoms with Crippen LogP contribution in [0.15, 0.2) is 17.5 Å². The van der Waals surface area contributed by atoms with E-state index >= 15 is 0 Å². The standard InChI is InChI=1S/C15H27N3O2S2/c1-3-18(4-2)22(19,20)16-11-14-7-5-9-17(12-14)13-15-8-6-10-21-15/h6,8,10,14,16H,3-5,7,9,11-13H2,1-2H3. The second-order valence-corrected chi connectivity index (χ2v) is 8.55. The molecule has 0 radical (unpaired) electrons. The predicted octanol–water partition coefficient (Wildman–Crippen LogP) is 2.14. The molecule has 1 aliphatic heterocycles. The van der Waals surface area contributed by atoms with Crippen molar-refractivity contribution in [1.29, 1.82) is 0 Å². The van der Waals surface area contributed by atoms with E-state index in [9.17, 15) is 8.42 Å². The Hall–Kier alpha value is -0.470. The lowest BCUT2D eigenvalue weighted by atomic mass is 9.98. The van der Waals surface area contributed by atoms with Crippen LogP contribution in [0.5, 0.6) is 0 Å². The molecule has 1 atom stereocenters. The Morgan fingerprint density at radius 2 is 2.18 bits per heavy atom. The van der Waals surface area contributed by atoms with Gasteiger partial charge in [-0.2, -0.15) is 12.7 Å². The third kappa shape index (κ3) is 5.03. The van der Waals surface area contributed by atoms with E-state index in [0.29, 0.717) is 25.6 Å². The lowest BCUT2D eigenvalue weighted by Crippen LogP contribution is -2.45. The Balaban J connectivity index is 1.83. The van der Waals surface area contributed by atoms with Crippen molar-refractivity contribution < 1.29 is 8.42 Å². The molecule has 1 unspecified atom stereocenters. The number of piperidine rings is 1. The number of nitrogens with one attached hydrogen (secondary N) is 1. The van der Waals surface area contributed by atoms with E-state index in [4.69, 9.17) is 0 Å². The Morgan fingerprint density at radius 3 is 2.82 bits per heavy atom. The summed E-state index contributed by atoms with van der Waals surface area (Å²) in [6.07, 6.45) is 2.24. The first-order valence-corrected chi connectivity index (χ1v) is 10.4. The minimum absolute atomic E-state index is 0.402. The molecule has 0 spiro atoms. The normalized spacial score (nSPS) is 20.6. The zero-order valence-corrected chi connectivity index (χ0v) is 15.1. The summed E-state index contributed by atoms with van der Waals surface area (Å²) < 4.78 is 28.6. The largest absolute Gasteiger partial charge is 0.298 e. The minimum Gasteiger partial charge on any atom is -0.298 e. The average molecular weight is 346 g/mol. The van der Waals surface area contributed by atoms with Crippen molar-refractivity contribution in [2.75, 3.05) is 32.7 Å². The van der Waals surface area contributed by atoms with Gasteiger partial charge in [-0.15, -0.1) is 11.3 Å². The third-order valence-electron chi connectivity index (χ3n) is 4.16. The van der Waals surface area contributed by atoms with Crippen molar-refractivity contribution in [3.63, 3.8) is 0 Å². The lowest BCUT2D eigenvalue weighted by Gasteiger charge is -2.32. The number of hydrogen-bond donors (Lipinski definition) is 1. The Morgan fingerprint density at radius 1 is 1.41 bits per heavy atom. The van der Waals surface area contributed by atoms with Gasteiger partial charge in [-0.05, 0) is 36.8 Å². The molecule has 0 bridgehead atoms. The molecule has 1 fully saturated rings. The molecule has 2 heterocycles. The maximum absolute atomic E-state index is 12.2. The molecule has 0 amide bonds. The first-order valence-electron chi connectivity index (χ1n) is 8.04. The molecular weight excluding hydrogens is 318 g/mol. The van der Waals surface area contributed by atoms with E-state index in [2.05, 4.69) is 27.1 Å². The van der Waals surface area contributed by atoms with Gasteiger partial charge in [0, 0.05) is 37.6 Å². The van der Waals surface area contributed by atoms with Crippen LogP contribution in [0.25, 0.3) is 0 Å². The minimum atomic E-state index is -3.32. The van der Waals surface area contributed by atoms with Gasteiger partial charge in [0.2, 0.25) is 0 Å². The molecular formula is C15H27N3O2S2. The van der Waals surface area contributed by atoms with E-state index in [0.717, 1.165) is 32.5 Å². The van der Waals surface area contributed by atoms with Gasteiger partial charge >= 0.3 is 0 Å². The monoisotopic (exact) mass is 345 g/mol. The van der Waals surface area contributed by atoms with Crippen molar-refractivity contribution in [1.82, 2.24) is 13.9 Å². The molecule has 22 heavy (non-hydrogen) atoms. The highest BCUT2D eigenvalue weighted by molar-refractivity contribution is 7.87. The number of nitrogens with zero attached hydrogens (tertiary/aromatic N) is 2. The van der Waals surface area contributed by atoms with Gasteiger partial charge < -0.3 is 0 Å². The van der Waals surface area contributed by atoms with Gasteiger partial charge in [0.25, 0.3) is 10.2 Å². The molecule has 126 valence electrons. The number of hydrogen-bond acceptors (Lipinski definition) is 4. The molecule has 1 N–H and O–H groups in total. The summed E-state index contributed by atoms with van der Waals surface area (Å²) in [4.78, 5) is 3.82. The highest BCUT2D eigenvalue weighted by Gasteiger charge is 2.24. The maximum atomic E-state index is 12.2. The molecule has 1 aliphatic rings. The molecule has 2 rings (SSSR count). The van der Waals surface area contributed by atoms with Crippen molar-refractivity contribution >= 4 is 21.5 Å². The molecule has 1 aromatic heterocycles. The summed E-state index contributed by atoms with van der Waals surface area (Å²) in [6, 6.07) is 4.25. The van der Waals surface area contributed by atoms with Gasteiger partial charge in [0.1, 0.15) is 0 Å². The van der Waals surface area contributed by atoms with Crippen LogP contribution < -0.4 is 4.72 Å². The first kappa shape index (κ1) is 17.9. The van der Waals surface area contributed by atoms with E-state index in [-0.39, 0.29) is 0 Å². The maximum Gasteiger partial charge on any atom is 0.279 e. The SMILES string of the molecule is CCN(CC)S(=O)(=O)NCC1CCCN(Cc2cccs2)C1. The van der Waals surface area contributed by atoms with Crippen molar-refractivity contribution in [3.05, 3.63) is 22.4 Å². The predicted molar refractivity (Wildman–Crippen MR) is 92.2 cm³/mol. The zero-order chi connectivity index (χ0) is 16.0. The van der Waals surface area contributed by atoms with Crippen molar-refractivity contribution in [2.24, 2.45) is 5.92 Å². The summed E-state index contributed by atoms with van der Waals surface area (Å²) in [5.74, 6) is 0.402. The number of rotatable bonds is 8. The van der Waals surface area contributed by atoms with Gasteiger partial charge in [-0.3, -0.25) is 4.90 Å². The summed E-state index contributed by atoms with van der Waals surface area (Å²) in [5.41, 5.74) is 0. The Bertz CT molecular complexity index is 527. The van der Waals surface area contributed by atoms with Crippen LogP contribution in [-0.4, -0.2) is 50.3 Å². The van der Waals surface area contributed by atoms with Crippen LogP contribution in [0.4, 0.5) is 0 Å². The summed E-state index contributed by atoms with van der Waals surface area (Å²) in [5, 5.41) is 2.11. The first-order chi connectivity index (χ1) is 10.5. The van der Waals surface area contributed by atoms with Crippen LogP contribution in [0.3, 0.4) is 0 Å². The molecule has 5 nitrogen and oxygen atoms in total. The number of thiophene rings is 1. The smallest absolute Gasteiger partial charge is 0.279 e. The zero-order valence-electron chi connectivity index (χ0n) is 13.5. The van der Waals surface area contributed by atoms with E-state index in [1.165, 1.54) is 9.18 Å². The molecule has 7 heteroatoms. The van der Waals surface area contributed by atoms with E-state index in [1.54, 1.807) is 11.3 Å². The fourth-order valence-electron chi connectivity index (χ4n) is 2.96. The van der Waals surface area contributed by atoms with Crippen molar-refractivity contribution in [3.8, 4) is 0 Å². The average Bonchev–Trinajstić information content (AvgIpc) is 3.00. The summed E-state index contributed by atoms with van der Waals surface area (Å²) in [6.45, 7) is 8.37. The van der Waals surface area contributed by atoms with Gasteiger partial charge in [-0.1, -0.05) is 19.9 Å². The van der Waals surface area contributed by atoms with E-state index in [1.807, 2.05) is 13.8 Å². The van der Waals surface area contributed by atoms with Crippen LogP contribution in [0.2, 0.25) is 0 Å². The number of likely N-dealkylation sites (tertiary alicyclic amines) is 1. The second-order valence-electron chi connectivity index (χ2n) is 5.76. The Labute approximate surface area is 138 Å². The van der Waals surface area contributed by atoms with Crippen molar-refractivity contribution in [2.45, 2.75) is 33.2 Å². The summed E-state index contributed by atoms with van der Waals surface area (Å²) in [7, 11) is -3.32. The summed E-state index contributed by atoms with van der Waals surface area (Å²) >= 11 is 1.79. The van der Waals surface area contributed by atoms with Crippen LogP contribution in [0.1, 0.15) is 31.6 Å². The van der Waals surface area contributed by atoms with Gasteiger partial charge in [0.05, 0.1) is 0 Å². The highest BCUT2D eigenvalue weighted by atomic mass is 32.2. The molecule has 1 aromatic rings.